The third-order valence-electron chi connectivity index (χ3n) is 5.67. The number of sulfone groups is 1. The molecular weight excluding hydrogens is 458 g/mol. The molecule has 0 bridgehead atoms. The molecule has 0 aliphatic carbocycles. The van der Waals surface area contributed by atoms with Gasteiger partial charge in [0.1, 0.15) is 12.7 Å². The molecule has 2 amide bonds. The van der Waals surface area contributed by atoms with Crippen molar-refractivity contribution in [1.29, 1.82) is 0 Å². The van der Waals surface area contributed by atoms with Crippen LogP contribution in [0.25, 0.3) is 10.8 Å². The summed E-state index contributed by atoms with van der Waals surface area (Å²) in [6.45, 7) is 2.38. The van der Waals surface area contributed by atoms with Gasteiger partial charge < -0.3 is 14.7 Å². The smallest absolute Gasteiger partial charge is 0.262 e. The molecule has 2 aromatic rings. The average molecular weight is 482 g/mol. The largest absolute Gasteiger partial charge is 0.382 e. The van der Waals surface area contributed by atoms with Crippen LogP contribution in [0.1, 0.15) is 0 Å². The standard InChI is InChI=1S/C21H24ClN3O6S/c22-17-3-1-16-12-18(4-2-15(16)11-17)32(29,30)14-19(26)21(28)23-5-7-24(8-6-23)25-9-10-31-13-20(25)27/h1-4,11-12,19,26H,5-10,13-14H2/t19-/m1/s1. The van der Waals surface area contributed by atoms with E-state index in [2.05, 4.69) is 0 Å². The van der Waals surface area contributed by atoms with Gasteiger partial charge in [0.2, 0.25) is 0 Å². The van der Waals surface area contributed by atoms with E-state index < -0.39 is 27.6 Å². The minimum absolute atomic E-state index is 0.0369. The first-order valence-corrected chi connectivity index (χ1v) is 12.3. The molecule has 0 radical (unpaired) electrons. The van der Waals surface area contributed by atoms with Crippen LogP contribution in [0.3, 0.4) is 0 Å². The van der Waals surface area contributed by atoms with Crippen LogP contribution >= 0.6 is 11.6 Å². The topological polar surface area (TPSA) is 107 Å². The highest BCUT2D eigenvalue weighted by Crippen LogP contribution is 2.24. The Morgan fingerprint density at radius 3 is 2.47 bits per heavy atom. The van der Waals surface area contributed by atoms with Crippen LogP contribution in [0.2, 0.25) is 5.02 Å². The van der Waals surface area contributed by atoms with Gasteiger partial charge in [-0.3, -0.25) is 14.6 Å². The fourth-order valence-corrected chi connectivity index (χ4v) is 5.45. The number of aliphatic hydroxyl groups excluding tert-OH is 1. The minimum Gasteiger partial charge on any atom is -0.382 e. The number of ether oxygens (including phenoxy) is 1. The first-order chi connectivity index (χ1) is 15.2. The number of halogens is 1. The molecule has 4 rings (SSSR count). The second-order valence-electron chi connectivity index (χ2n) is 7.80. The lowest BCUT2D eigenvalue weighted by atomic mass is 10.1. The molecule has 172 valence electrons. The van der Waals surface area contributed by atoms with E-state index in [4.69, 9.17) is 16.3 Å². The zero-order chi connectivity index (χ0) is 22.9. The van der Waals surface area contributed by atoms with Crippen molar-refractivity contribution in [3.8, 4) is 0 Å². The van der Waals surface area contributed by atoms with Crippen LogP contribution < -0.4 is 0 Å². The summed E-state index contributed by atoms with van der Waals surface area (Å²) in [6, 6.07) is 9.73. The number of aliphatic hydroxyl groups is 1. The van der Waals surface area contributed by atoms with Crippen LogP contribution in [-0.4, -0.2) is 98.1 Å². The zero-order valence-electron chi connectivity index (χ0n) is 17.3. The summed E-state index contributed by atoms with van der Waals surface area (Å²) in [5.74, 6) is -1.46. The highest BCUT2D eigenvalue weighted by Gasteiger charge is 2.33. The van der Waals surface area contributed by atoms with Gasteiger partial charge in [-0.2, -0.15) is 0 Å². The number of nitrogens with zero attached hydrogens (tertiary/aromatic N) is 3. The fourth-order valence-electron chi connectivity index (χ4n) is 3.94. The van der Waals surface area contributed by atoms with Gasteiger partial charge in [-0.1, -0.05) is 23.7 Å². The highest BCUT2D eigenvalue weighted by molar-refractivity contribution is 7.91. The van der Waals surface area contributed by atoms with Crippen molar-refractivity contribution in [2.45, 2.75) is 11.0 Å². The van der Waals surface area contributed by atoms with E-state index in [0.29, 0.717) is 36.7 Å². The molecule has 0 aromatic heterocycles. The number of piperazine rings is 1. The summed E-state index contributed by atoms with van der Waals surface area (Å²) in [5, 5.41) is 15.9. The zero-order valence-corrected chi connectivity index (χ0v) is 18.9. The van der Waals surface area contributed by atoms with Crippen LogP contribution in [-0.2, 0) is 24.2 Å². The summed E-state index contributed by atoms with van der Waals surface area (Å²) in [4.78, 5) is 26.1. The van der Waals surface area contributed by atoms with Gasteiger partial charge in [-0.25, -0.2) is 13.4 Å². The van der Waals surface area contributed by atoms with Crippen LogP contribution in [0.15, 0.2) is 41.3 Å². The molecule has 2 saturated heterocycles. The lowest BCUT2D eigenvalue weighted by molar-refractivity contribution is -0.170. The van der Waals surface area contributed by atoms with Gasteiger partial charge in [-0.15, -0.1) is 0 Å². The number of rotatable bonds is 5. The Kier molecular flexibility index (Phi) is 6.68. The Morgan fingerprint density at radius 2 is 1.75 bits per heavy atom. The van der Waals surface area contributed by atoms with E-state index in [9.17, 15) is 23.1 Å². The maximum absolute atomic E-state index is 12.8. The number of hydrogen-bond acceptors (Lipinski definition) is 7. The van der Waals surface area contributed by atoms with E-state index in [1.165, 1.54) is 17.0 Å². The predicted molar refractivity (Wildman–Crippen MR) is 118 cm³/mol. The van der Waals surface area contributed by atoms with Gasteiger partial charge in [-0.05, 0) is 35.0 Å². The average Bonchev–Trinajstić information content (AvgIpc) is 2.78. The number of hydrogen-bond donors (Lipinski definition) is 1. The summed E-state index contributed by atoms with van der Waals surface area (Å²) in [6.07, 6.45) is -1.67. The Labute approximate surface area is 191 Å². The van der Waals surface area contributed by atoms with E-state index in [-0.39, 0.29) is 30.5 Å². The van der Waals surface area contributed by atoms with Crippen molar-refractivity contribution in [2.75, 3.05) is 51.7 Å². The van der Waals surface area contributed by atoms with Crippen molar-refractivity contribution >= 4 is 44.0 Å². The molecule has 11 heteroatoms. The van der Waals surface area contributed by atoms with E-state index in [1.807, 2.05) is 5.01 Å². The van der Waals surface area contributed by atoms with E-state index in [1.54, 1.807) is 29.3 Å². The van der Waals surface area contributed by atoms with Crippen molar-refractivity contribution in [1.82, 2.24) is 14.9 Å². The van der Waals surface area contributed by atoms with Crippen LogP contribution in [0.4, 0.5) is 0 Å². The second-order valence-corrected chi connectivity index (χ2v) is 10.3. The molecule has 2 fully saturated rings. The maximum Gasteiger partial charge on any atom is 0.262 e. The molecule has 1 atom stereocenters. The molecule has 32 heavy (non-hydrogen) atoms. The maximum atomic E-state index is 12.8. The summed E-state index contributed by atoms with van der Waals surface area (Å²) in [5.41, 5.74) is 0. The molecule has 2 heterocycles. The summed E-state index contributed by atoms with van der Waals surface area (Å²) >= 11 is 5.96. The van der Waals surface area contributed by atoms with E-state index >= 15 is 0 Å². The number of benzene rings is 2. The third-order valence-corrected chi connectivity index (χ3v) is 7.63. The monoisotopic (exact) mass is 481 g/mol. The lowest BCUT2D eigenvalue weighted by Crippen LogP contribution is -2.60. The Bertz CT molecular complexity index is 1130. The number of morpholine rings is 1. The van der Waals surface area contributed by atoms with Crippen LogP contribution in [0, 0.1) is 0 Å². The van der Waals surface area contributed by atoms with Gasteiger partial charge in [0, 0.05) is 31.2 Å². The summed E-state index contributed by atoms with van der Waals surface area (Å²) in [7, 11) is -3.89. The molecule has 2 aliphatic rings. The molecule has 1 N–H and O–H groups in total. The minimum atomic E-state index is -3.89. The fraction of sp³-hybridized carbons (Fsp3) is 0.429. The first kappa shape index (κ1) is 22.9. The summed E-state index contributed by atoms with van der Waals surface area (Å²) < 4.78 is 30.8. The Morgan fingerprint density at radius 1 is 1.06 bits per heavy atom. The van der Waals surface area contributed by atoms with Gasteiger partial charge in [0.05, 0.1) is 23.8 Å². The number of carbonyl (C=O) groups is 2. The number of amides is 2. The van der Waals surface area contributed by atoms with Crippen molar-refractivity contribution in [3.05, 3.63) is 41.4 Å². The molecule has 0 saturated carbocycles. The second kappa shape index (κ2) is 9.32. The first-order valence-electron chi connectivity index (χ1n) is 10.3. The van der Waals surface area contributed by atoms with Gasteiger partial charge in [0.15, 0.2) is 9.84 Å². The number of carbonyl (C=O) groups excluding carboxylic acids is 2. The predicted octanol–water partition coefficient (Wildman–Crippen LogP) is 0.546. The van der Waals surface area contributed by atoms with Crippen molar-refractivity contribution < 1.29 is 27.9 Å². The molecule has 0 spiro atoms. The lowest BCUT2D eigenvalue weighted by Gasteiger charge is -2.42. The van der Waals surface area contributed by atoms with Gasteiger partial charge >= 0.3 is 0 Å². The number of hydrazine groups is 1. The molecule has 2 aliphatic heterocycles. The van der Waals surface area contributed by atoms with Gasteiger partial charge in [0.25, 0.3) is 11.8 Å². The highest BCUT2D eigenvalue weighted by atomic mass is 35.5. The Hall–Kier alpha value is -2.24. The SMILES string of the molecule is O=C([C@H](O)CS(=O)(=O)c1ccc2cc(Cl)ccc2c1)N1CCN(N2CCOCC2=O)CC1. The number of fused-ring (bicyclic) bond motifs is 1. The normalized spacial score (nSPS) is 19.4. The molecule has 2 aromatic carbocycles. The van der Waals surface area contributed by atoms with Crippen molar-refractivity contribution in [2.24, 2.45) is 0 Å². The van der Waals surface area contributed by atoms with Crippen molar-refractivity contribution in [3.63, 3.8) is 0 Å². The van der Waals surface area contributed by atoms with E-state index in [0.717, 1.165) is 5.39 Å². The molecule has 9 nitrogen and oxygen atoms in total. The Balaban J connectivity index is 1.38. The molecular formula is C21H24ClN3O6S. The van der Waals surface area contributed by atoms with Crippen LogP contribution in [0.5, 0.6) is 0 Å². The third kappa shape index (κ3) is 4.89. The quantitative estimate of drug-likeness (QED) is 0.664. The molecule has 0 unspecified atom stereocenters.